The Morgan fingerprint density at radius 3 is 3.14 bits per heavy atom. The van der Waals surface area contributed by atoms with Gasteiger partial charge in [0.25, 0.3) is 5.56 Å². The molecule has 0 saturated carbocycles. The van der Waals surface area contributed by atoms with Crippen LogP contribution in [0, 0.1) is 0 Å². The van der Waals surface area contributed by atoms with E-state index in [9.17, 15) is 9.59 Å². The molecule has 3 rings (SSSR count). The molecule has 7 nitrogen and oxygen atoms in total. The van der Waals surface area contributed by atoms with E-state index in [1.807, 2.05) is 11.0 Å². The highest BCUT2D eigenvalue weighted by atomic mass is 16.5. The Hall–Kier alpha value is -2.31. The summed E-state index contributed by atoms with van der Waals surface area (Å²) in [7, 11) is 0. The second-order valence-corrected chi connectivity index (χ2v) is 5.37. The Kier molecular flexibility index (Phi) is 3.89. The molecular formula is C14H18N4O3. The minimum atomic E-state index is -0.269. The molecule has 0 bridgehead atoms. The number of hydrogen-bond donors (Lipinski definition) is 2. The molecular weight excluding hydrogens is 272 g/mol. The van der Waals surface area contributed by atoms with E-state index >= 15 is 0 Å². The fourth-order valence-corrected chi connectivity index (χ4v) is 2.78. The SMILES string of the molecule is O=C(CCc1cc(=O)[nH]o1)N1CCCC(c2ccn[nH]2)C1. The lowest BCUT2D eigenvalue weighted by molar-refractivity contribution is -0.132. The van der Waals surface area contributed by atoms with E-state index in [0.717, 1.165) is 31.6 Å². The number of H-pyrrole nitrogens is 2. The van der Waals surface area contributed by atoms with E-state index < -0.39 is 0 Å². The van der Waals surface area contributed by atoms with E-state index in [1.54, 1.807) is 6.20 Å². The van der Waals surface area contributed by atoms with E-state index in [1.165, 1.54) is 6.07 Å². The van der Waals surface area contributed by atoms with Crippen molar-refractivity contribution < 1.29 is 9.32 Å². The fraction of sp³-hybridized carbons (Fsp3) is 0.500. The number of hydrogen-bond acceptors (Lipinski definition) is 4. The number of carbonyl (C=O) groups is 1. The van der Waals surface area contributed by atoms with Crippen LogP contribution in [0.15, 0.2) is 27.6 Å². The van der Waals surface area contributed by atoms with Crippen LogP contribution in [0.3, 0.4) is 0 Å². The van der Waals surface area contributed by atoms with Crippen molar-refractivity contribution in [3.05, 3.63) is 40.1 Å². The number of likely N-dealkylation sites (tertiary alicyclic amines) is 1. The van der Waals surface area contributed by atoms with Gasteiger partial charge in [-0.3, -0.25) is 14.7 Å². The van der Waals surface area contributed by atoms with Crippen molar-refractivity contribution in [3.63, 3.8) is 0 Å². The average molecular weight is 290 g/mol. The summed E-state index contributed by atoms with van der Waals surface area (Å²) >= 11 is 0. The second kappa shape index (κ2) is 5.99. The van der Waals surface area contributed by atoms with Crippen molar-refractivity contribution in [1.29, 1.82) is 0 Å². The van der Waals surface area contributed by atoms with Crippen LogP contribution in [-0.2, 0) is 11.2 Å². The molecule has 3 heterocycles. The normalized spacial score (nSPS) is 18.9. The molecule has 1 saturated heterocycles. The van der Waals surface area contributed by atoms with Crippen LogP contribution < -0.4 is 5.56 Å². The average Bonchev–Trinajstić information content (AvgIpc) is 3.16. The maximum absolute atomic E-state index is 12.3. The quantitative estimate of drug-likeness (QED) is 0.879. The summed E-state index contributed by atoms with van der Waals surface area (Å²) in [4.78, 5) is 25.1. The van der Waals surface area contributed by atoms with Gasteiger partial charge in [0.1, 0.15) is 5.76 Å². The van der Waals surface area contributed by atoms with Crippen molar-refractivity contribution in [1.82, 2.24) is 20.3 Å². The molecule has 0 aromatic carbocycles. The molecule has 0 spiro atoms. The van der Waals surface area contributed by atoms with Crippen molar-refractivity contribution in [3.8, 4) is 0 Å². The molecule has 21 heavy (non-hydrogen) atoms. The van der Waals surface area contributed by atoms with Crippen LogP contribution in [0.5, 0.6) is 0 Å². The highest BCUT2D eigenvalue weighted by molar-refractivity contribution is 5.76. The zero-order chi connectivity index (χ0) is 14.7. The van der Waals surface area contributed by atoms with Crippen LogP contribution in [-0.4, -0.2) is 39.3 Å². The maximum Gasteiger partial charge on any atom is 0.280 e. The van der Waals surface area contributed by atoms with Crippen LogP contribution >= 0.6 is 0 Å². The van der Waals surface area contributed by atoms with Gasteiger partial charge in [-0.25, -0.2) is 0 Å². The summed E-state index contributed by atoms with van der Waals surface area (Å²) < 4.78 is 4.96. The summed E-state index contributed by atoms with van der Waals surface area (Å²) in [6.07, 6.45) is 4.61. The first kappa shape index (κ1) is 13.7. The van der Waals surface area contributed by atoms with Crippen LogP contribution in [0.25, 0.3) is 0 Å². The molecule has 1 atom stereocenters. The van der Waals surface area contributed by atoms with Gasteiger partial charge in [0.15, 0.2) is 0 Å². The first-order valence-corrected chi connectivity index (χ1v) is 7.17. The lowest BCUT2D eigenvalue weighted by Gasteiger charge is -2.32. The molecule has 0 aliphatic carbocycles. The summed E-state index contributed by atoms with van der Waals surface area (Å²) in [5, 5.41) is 9.19. The number of aromatic amines is 2. The topological polar surface area (TPSA) is 95.0 Å². The van der Waals surface area contributed by atoms with Crippen molar-refractivity contribution in [2.45, 2.75) is 31.6 Å². The summed E-state index contributed by atoms with van der Waals surface area (Å²) in [6, 6.07) is 3.35. The van der Waals surface area contributed by atoms with Gasteiger partial charge < -0.3 is 9.42 Å². The first-order valence-electron chi connectivity index (χ1n) is 7.17. The van der Waals surface area contributed by atoms with E-state index in [-0.39, 0.29) is 11.5 Å². The molecule has 1 aliphatic heterocycles. The molecule has 7 heteroatoms. The Morgan fingerprint density at radius 2 is 2.43 bits per heavy atom. The summed E-state index contributed by atoms with van der Waals surface area (Å²) in [6.45, 7) is 1.51. The van der Waals surface area contributed by atoms with E-state index in [4.69, 9.17) is 4.52 Å². The highest BCUT2D eigenvalue weighted by Gasteiger charge is 2.25. The van der Waals surface area contributed by atoms with Gasteiger partial charge in [-0.15, -0.1) is 0 Å². The Morgan fingerprint density at radius 1 is 1.52 bits per heavy atom. The Bertz CT molecular complexity index is 643. The Balaban J connectivity index is 1.55. The third kappa shape index (κ3) is 3.24. The first-order chi connectivity index (χ1) is 10.2. The number of nitrogens with one attached hydrogen (secondary N) is 2. The molecule has 112 valence electrons. The van der Waals surface area contributed by atoms with Gasteiger partial charge in [-0.1, -0.05) is 0 Å². The fourth-order valence-electron chi connectivity index (χ4n) is 2.78. The molecule has 0 radical (unpaired) electrons. The standard InChI is InChI=1S/C14H18N4O3/c19-13-8-11(21-17-13)3-4-14(20)18-7-1-2-10(9-18)12-5-6-15-16-12/h5-6,8,10H,1-4,7,9H2,(H,15,16)(H,17,19). The minimum Gasteiger partial charge on any atom is -0.384 e. The number of aryl methyl sites for hydroxylation is 1. The number of piperidine rings is 1. The molecule has 2 aromatic rings. The van der Waals surface area contributed by atoms with Gasteiger partial charge in [-0.05, 0) is 18.9 Å². The van der Waals surface area contributed by atoms with Crippen LogP contribution in [0.2, 0.25) is 0 Å². The maximum atomic E-state index is 12.3. The van der Waals surface area contributed by atoms with Crippen molar-refractivity contribution >= 4 is 5.91 Å². The molecule has 1 unspecified atom stereocenters. The smallest absolute Gasteiger partial charge is 0.280 e. The zero-order valence-electron chi connectivity index (χ0n) is 11.7. The van der Waals surface area contributed by atoms with Crippen LogP contribution in [0.1, 0.15) is 36.6 Å². The third-order valence-electron chi connectivity index (χ3n) is 3.90. The van der Waals surface area contributed by atoms with Gasteiger partial charge in [0.05, 0.1) is 0 Å². The third-order valence-corrected chi connectivity index (χ3v) is 3.90. The monoisotopic (exact) mass is 290 g/mol. The molecule has 2 aromatic heterocycles. The molecule has 1 amide bonds. The van der Waals surface area contributed by atoms with Gasteiger partial charge in [0, 0.05) is 49.8 Å². The van der Waals surface area contributed by atoms with E-state index in [2.05, 4.69) is 15.4 Å². The van der Waals surface area contributed by atoms with Crippen molar-refractivity contribution in [2.75, 3.05) is 13.1 Å². The largest absolute Gasteiger partial charge is 0.384 e. The highest BCUT2D eigenvalue weighted by Crippen LogP contribution is 2.25. The second-order valence-electron chi connectivity index (χ2n) is 5.37. The van der Waals surface area contributed by atoms with Gasteiger partial charge >= 0.3 is 0 Å². The minimum absolute atomic E-state index is 0.100. The molecule has 2 N–H and O–H groups in total. The molecule has 1 fully saturated rings. The number of nitrogens with zero attached hydrogens (tertiary/aromatic N) is 2. The van der Waals surface area contributed by atoms with Gasteiger partial charge in [-0.2, -0.15) is 10.3 Å². The lowest BCUT2D eigenvalue weighted by atomic mass is 9.94. The number of amides is 1. The molecule has 1 aliphatic rings. The van der Waals surface area contributed by atoms with Crippen molar-refractivity contribution in [2.24, 2.45) is 0 Å². The summed E-state index contributed by atoms with van der Waals surface area (Å²) in [5.74, 6) is 0.953. The summed E-state index contributed by atoms with van der Waals surface area (Å²) in [5.41, 5.74) is 0.818. The Labute approximate surface area is 121 Å². The number of rotatable bonds is 4. The predicted molar refractivity (Wildman–Crippen MR) is 74.8 cm³/mol. The predicted octanol–water partition coefficient (Wildman–Crippen LogP) is 1.03. The van der Waals surface area contributed by atoms with E-state index in [0.29, 0.717) is 24.5 Å². The number of carbonyl (C=O) groups excluding carboxylic acids is 1. The van der Waals surface area contributed by atoms with Gasteiger partial charge in [0.2, 0.25) is 5.91 Å². The zero-order valence-corrected chi connectivity index (χ0v) is 11.7. The lowest BCUT2D eigenvalue weighted by Crippen LogP contribution is -2.39. The number of aromatic nitrogens is 3. The van der Waals surface area contributed by atoms with Crippen LogP contribution in [0.4, 0.5) is 0 Å².